The first kappa shape index (κ1) is 17.8. The molecule has 0 atom stereocenters. The first-order valence-electron chi connectivity index (χ1n) is 9.55. The fourth-order valence-corrected chi connectivity index (χ4v) is 3.99. The molecule has 0 radical (unpaired) electrons. The maximum Gasteiger partial charge on any atom is 0.325 e. The number of ether oxygens (including phenoxy) is 2. The third kappa shape index (κ3) is 3.26. The number of hydrogen-bond acceptors (Lipinski definition) is 5. The minimum absolute atomic E-state index is 0.262. The molecule has 7 nitrogen and oxygen atoms in total. The molecule has 1 aliphatic carbocycles. The molecule has 0 aromatic heterocycles. The molecule has 1 N–H and O–H groups in total. The van der Waals surface area contributed by atoms with Crippen LogP contribution in [0.2, 0.25) is 0 Å². The van der Waals surface area contributed by atoms with Crippen molar-refractivity contribution >= 4 is 17.7 Å². The molecule has 1 aromatic carbocycles. The number of carbonyl (C=O) groups is 3. The topological polar surface area (TPSA) is 84.9 Å². The van der Waals surface area contributed by atoms with Crippen molar-refractivity contribution in [2.45, 2.75) is 44.6 Å². The van der Waals surface area contributed by atoms with Crippen molar-refractivity contribution in [3.63, 3.8) is 0 Å². The summed E-state index contributed by atoms with van der Waals surface area (Å²) in [4.78, 5) is 39.0. The van der Waals surface area contributed by atoms with Crippen LogP contribution < -0.4 is 14.8 Å². The van der Waals surface area contributed by atoms with E-state index in [0.29, 0.717) is 49.0 Å². The standard InChI is InChI=1S/C20H24N2O5/c1-13-5-7-20(8-6-13)18(24)22(19(25)21-20)12-15(23)14-3-4-16-17(11-14)27-10-2-9-26-16/h3-4,11,13H,2,5-10,12H2,1H3,(H,21,25). The SMILES string of the molecule is CC1CCC2(CC1)NC(=O)N(CC(=O)c1ccc3c(c1)OCCCO3)C2=O. The quantitative estimate of drug-likeness (QED) is 0.651. The maximum atomic E-state index is 12.9. The number of rotatable bonds is 3. The van der Waals surface area contributed by atoms with Crippen molar-refractivity contribution in [1.29, 1.82) is 0 Å². The van der Waals surface area contributed by atoms with Gasteiger partial charge in [-0.2, -0.15) is 0 Å². The van der Waals surface area contributed by atoms with Crippen molar-refractivity contribution in [2.75, 3.05) is 19.8 Å². The summed E-state index contributed by atoms with van der Waals surface area (Å²) in [7, 11) is 0. The van der Waals surface area contributed by atoms with Gasteiger partial charge >= 0.3 is 6.03 Å². The number of amides is 3. The lowest BCUT2D eigenvalue weighted by atomic mass is 9.77. The van der Waals surface area contributed by atoms with Gasteiger partial charge in [0.15, 0.2) is 17.3 Å². The predicted octanol–water partition coefficient (Wildman–Crippen LogP) is 2.53. The number of Topliss-reactive ketones (excluding diaryl/α,β-unsaturated/α-hetero) is 1. The third-order valence-corrected chi connectivity index (χ3v) is 5.74. The highest BCUT2D eigenvalue weighted by atomic mass is 16.5. The molecule has 1 spiro atoms. The lowest BCUT2D eigenvalue weighted by Gasteiger charge is -2.33. The van der Waals surface area contributed by atoms with Gasteiger partial charge in [0.25, 0.3) is 5.91 Å². The molecule has 27 heavy (non-hydrogen) atoms. The van der Waals surface area contributed by atoms with Gasteiger partial charge in [0.1, 0.15) is 5.54 Å². The van der Waals surface area contributed by atoms with Crippen LogP contribution in [-0.4, -0.2) is 47.9 Å². The highest BCUT2D eigenvalue weighted by molar-refractivity contribution is 6.11. The second kappa shape index (κ2) is 6.87. The Labute approximate surface area is 158 Å². The van der Waals surface area contributed by atoms with Gasteiger partial charge < -0.3 is 14.8 Å². The van der Waals surface area contributed by atoms with Gasteiger partial charge in [-0.1, -0.05) is 6.92 Å². The van der Waals surface area contributed by atoms with Gasteiger partial charge in [0, 0.05) is 12.0 Å². The van der Waals surface area contributed by atoms with Crippen molar-refractivity contribution < 1.29 is 23.9 Å². The number of urea groups is 1. The Morgan fingerprint density at radius 1 is 1.19 bits per heavy atom. The Balaban J connectivity index is 1.49. The molecular weight excluding hydrogens is 348 g/mol. The molecule has 2 aliphatic heterocycles. The van der Waals surface area contributed by atoms with Crippen LogP contribution in [0.1, 0.15) is 49.4 Å². The molecule has 1 saturated heterocycles. The Kier molecular flexibility index (Phi) is 4.53. The van der Waals surface area contributed by atoms with Crippen LogP contribution in [0.25, 0.3) is 0 Å². The van der Waals surface area contributed by atoms with Gasteiger partial charge in [-0.15, -0.1) is 0 Å². The van der Waals surface area contributed by atoms with E-state index >= 15 is 0 Å². The summed E-state index contributed by atoms with van der Waals surface area (Å²) in [6, 6.07) is 4.49. The monoisotopic (exact) mass is 372 g/mol. The molecular formula is C20H24N2O5. The summed E-state index contributed by atoms with van der Waals surface area (Å²) in [5, 5.41) is 2.85. The van der Waals surface area contributed by atoms with Crippen LogP contribution in [0.4, 0.5) is 4.79 Å². The summed E-state index contributed by atoms with van der Waals surface area (Å²) in [5.41, 5.74) is -0.424. The van der Waals surface area contributed by atoms with E-state index < -0.39 is 11.6 Å². The van der Waals surface area contributed by atoms with E-state index in [1.165, 1.54) is 0 Å². The molecule has 3 aliphatic rings. The van der Waals surface area contributed by atoms with Gasteiger partial charge in [0.05, 0.1) is 19.8 Å². The summed E-state index contributed by atoms with van der Waals surface area (Å²) < 4.78 is 11.2. The maximum absolute atomic E-state index is 12.9. The smallest absolute Gasteiger partial charge is 0.325 e. The summed E-state index contributed by atoms with van der Waals surface area (Å²) in [6.07, 6.45) is 3.84. The van der Waals surface area contributed by atoms with Crippen LogP contribution in [0.3, 0.4) is 0 Å². The van der Waals surface area contributed by atoms with E-state index in [-0.39, 0.29) is 18.2 Å². The average Bonchev–Trinajstić information content (AvgIpc) is 2.84. The summed E-state index contributed by atoms with van der Waals surface area (Å²) in [5.74, 6) is 1.11. The lowest BCUT2D eigenvalue weighted by molar-refractivity contribution is -0.132. The van der Waals surface area contributed by atoms with Crippen LogP contribution >= 0.6 is 0 Å². The number of imide groups is 1. The Morgan fingerprint density at radius 3 is 2.63 bits per heavy atom. The van der Waals surface area contributed by atoms with E-state index in [2.05, 4.69) is 12.2 Å². The average molecular weight is 372 g/mol. The molecule has 0 bridgehead atoms. The molecule has 1 saturated carbocycles. The van der Waals surface area contributed by atoms with E-state index in [4.69, 9.17) is 9.47 Å². The number of ketones is 1. The van der Waals surface area contributed by atoms with Crippen LogP contribution in [0, 0.1) is 5.92 Å². The van der Waals surface area contributed by atoms with Gasteiger partial charge in [-0.3, -0.25) is 14.5 Å². The third-order valence-electron chi connectivity index (χ3n) is 5.74. The number of nitrogens with one attached hydrogen (secondary N) is 1. The predicted molar refractivity (Wildman–Crippen MR) is 97.0 cm³/mol. The second-order valence-electron chi connectivity index (χ2n) is 7.72. The molecule has 1 aromatic rings. The first-order chi connectivity index (χ1) is 13.0. The fraction of sp³-hybridized carbons (Fsp3) is 0.550. The fourth-order valence-electron chi connectivity index (χ4n) is 3.99. The number of benzene rings is 1. The van der Waals surface area contributed by atoms with E-state index in [1.54, 1.807) is 18.2 Å². The zero-order chi connectivity index (χ0) is 19.0. The van der Waals surface area contributed by atoms with Crippen LogP contribution in [0.5, 0.6) is 11.5 Å². The minimum atomic E-state index is -0.825. The van der Waals surface area contributed by atoms with Crippen LogP contribution in [0.15, 0.2) is 18.2 Å². The zero-order valence-corrected chi connectivity index (χ0v) is 15.5. The number of nitrogens with zero attached hydrogens (tertiary/aromatic N) is 1. The Hall–Kier alpha value is -2.57. The van der Waals surface area contributed by atoms with Crippen molar-refractivity contribution in [3.05, 3.63) is 23.8 Å². The minimum Gasteiger partial charge on any atom is -0.490 e. The number of fused-ring (bicyclic) bond motifs is 1. The molecule has 0 unspecified atom stereocenters. The zero-order valence-electron chi connectivity index (χ0n) is 15.5. The second-order valence-corrected chi connectivity index (χ2v) is 7.72. The van der Waals surface area contributed by atoms with Crippen LogP contribution in [-0.2, 0) is 4.79 Å². The summed E-state index contributed by atoms with van der Waals surface area (Å²) >= 11 is 0. The molecule has 4 rings (SSSR count). The first-order valence-corrected chi connectivity index (χ1v) is 9.55. The van der Waals surface area contributed by atoms with E-state index in [1.807, 2.05) is 0 Å². The Morgan fingerprint density at radius 2 is 1.89 bits per heavy atom. The Bertz CT molecular complexity index is 783. The van der Waals surface area contributed by atoms with E-state index in [9.17, 15) is 14.4 Å². The van der Waals surface area contributed by atoms with Gasteiger partial charge in [0.2, 0.25) is 0 Å². The van der Waals surface area contributed by atoms with E-state index in [0.717, 1.165) is 24.2 Å². The van der Waals surface area contributed by atoms with Gasteiger partial charge in [-0.25, -0.2) is 4.79 Å². The van der Waals surface area contributed by atoms with Crippen molar-refractivity contribution in [2.24, 2.45) is 5.92 Å². The highest BCUT2D eigenvalue weighted by Gasteiger charge is 2.52. The number of carbonyl (C=O) groups excluding carboxylic acids is 3. The highest BCUT2D eigenvalue weighted by Crippen LogP contribution is 2.36. The molecule has 3 amide bonds. The molecule has 144 valence electrons. The number of hydrogen-bond donors (Lipinski definition) is 1. The molecule has 2 heterocycles. The van der Waals surface area contributed by atoms with Crippen molar-refractivity contribution in [1.82, 2.24) is 10.2 Å². The van der Waals surface area contributed by atoms with Gasteiger partial charge in [-0.05, 0) is 49.8 Å². The summed E-state index contributed by atoms with van der Waals surface area (Å²) in [6.45, 7) is 2.99. The normalized spacial score (nSPS) is 27.4. The lowest BCUT2D eigenvalue weighted by Crippen LogP contribution is -2.49. The molecule has 2 fully saturated rings. The molecule has 7 heteroatoms. The van der Waals surface area contributed by atoms with Crippen molar-refractivity contribution in [3.8, 4) is 11.5 Å². The largest absolute Gasteiger partial charge is 0.490 e.